The summed E-state index contributed by atoms with van der Waals surface area (Å²) < 4.78 is 25.5. The number of carbonyl (C=O) groups is 1. The second-order valence-electron chi connectivity index (χ2n) is 12.7. The van der Waals surface area contributed by atoms with Crippen molar-refractivity contribution in [1.82, 2.24) is 14.7 Å². The molecule has 0 bridgehead atoms. The molecule has 1 N–H and O–H groups in total. The van der Waals surface area contributed by atoms with Crippen molar-refractivity contribution in [2.45, 2.75) is 58.1 Å². The third-order valence-corrected chi connectivity index (χ3v) is 9.11. The summed E-state index contributed by atoms with van der Waals surface area (Å²) in [4.78, 5) is 15.5. The maximum atomic E-state index is 13.0. The molecule has 2 fully saturated rings. The molecule has 3 aromatic carbocycles. The molecule has 0 radical (unpaired) electrons. The lowest BCUT2D eigenvalue weighted by molar-refractivity contribution is -0.110. The van der Waals surface area contributed by atoms with Gasteiger partial charge in [-0.15, -0.1) is 0 Å². The number of aromatic nitrogens is 2. The number of methoxy groups -OCH3 is 2. The predicted molar refractivity (Wildman–Crippen MR) is 185 cm³/mol. The first-order chi connectivity index (χ1) is 22.9. The van der Waals surface area contributed by atoms with Crippen LogP contribution in [0, 0.1) is 0 Å². The lowest BCUT2D eigenvalue weighted by atomic mass is 10.0. The summed E-state index contributed by atoms with van der Waals surface area (Å²) in [5.74, 6) is 1.23. The fourth-order valence-electron chi connectivity index (χ4n) is 6.96. The van der Waals surface area contributed by atoms with E-state index in [9.17, 15) is 4.79 Å². The highest BCUT2D eigenvalue weighted by Crippen LogP contribution is 2.39. The van der Waals surface area contributed by atoms with Gasteiger partial charge in [0.25, 0.3) is 5.91 Å². The lowest BCUT2D eigenvalue weighted by Gasteiger charge is -2.35. The van der Waals surface area contributed by atoms with Gasteiger partial charge in [-0.05, 0) is 92.3 Å². The van der Waals surface area contributed by atoms with E-state index in [-0.39, 0.29) is 24.3 Å². The molecule has 3 aliphatic heterocycles. The number of hydrogen-bond donors (Lipinski definition) is 1. The molecule has 0 spiro atoms. The number of anilines is 1. The minimum Gasteiger partial charge on any atom is -0.497 e. The van der Waals surface area contributed by atoms with E-state index in [1.54, 1.807) is 14.2 Å². The number of fused-ring (bicyclic) bond motifs is 2. The summed E-state index contributed by atoms with van der Waals surface area (Å²) in [7, 11) is 3.29. The molecule has 0 saturated carbocycles. The monoisotopic (exact) mass is 634 g/mol. The number of nitrogens with zero attached hydrogens (tertiary/aromatic N) is 3. The zero-order valence-electron chi connectivity index (χ0n) is 27.5. The molecule has 4 heterocycles. The van der Waals surface area contributed by atoms with Crippen molar-refractivity contribution in [3.8, 4) is 11.5 Å². The van der Waals surface area contributed by atoms with Gasteiger partial charge < -0.3 is 24.3 Å². The molecule has 9 nitrogen and oxygen atoms in total. The largest absolute Gasteiger partial charge is 0.497 e. The quantitative estimate of drug-likeness (QED) is 0.208. The Morgan fingerprint density at radius 1 is 0.957 bits per heavy atom. The van der Waals surface area contributed by atoms with Crippen LogP contribution in [0.3, 0.4) is 0 Å². The second kappa shape index (κ2) is 13.4. The molecule has 3 unspecified atom stereocenters. The van der Waals surface area contributed by atoms with Crippen molar-refractivity contribution in [3.63, 3.8) is 0 Å². The summed E-state index contributed by atoms with van der Waals surface area (Å²) in [5.41, 5.74) is 7.06. The summed E-state index contributed by atoms with van der Waals surface area (Å²) in [6.45, 7) is 7.78. The Balaban J connectivity index is 1.22. The fraction of sp³-hybridized carbons (Fsp3) is 0.368. The highest BCUT2D eigenvalue weighted by atomic mass is 16.5. The molecule has 1 amide bonds. The summed E-state index contributed by atoms with van der Waals surface area (Å²) >= 11 is 0. The van der Waals surface area contributed by atoms with Crippen LogP contribution in [0.2, 0.25) is 0 Å². The molecule has 3 aliphatic rings. The SMILES string of the molecule is COc1ccc2c(c1)/C(=C\c1cc(OC)c3c(/C=C/c4ccc(CN5CC(C)OC(C)C5)cc4)nn(C4CCCCO4)c3c1)C(=O)N2. The predicted octanol–water partition coefficient (Wildman–Crippen LogP) is 7.02. The van der Waals surface area contributed by atoms with Crippen molar-refractivity contribution in [1.29, 1.82) is 0 Å². The number of rotatable bonds is 8. The van der Waals surface area contributed by atoms with E-state index in [2.05, 4.69) is 66.5 Å². The van der Waals surface area contributed by atoms with Crippen molar-refractivity contribution in [2.24, 2.45) is 0 Å². The first kappa shape index (κ1) is 31.2. The first-order valence-electron chi connectivity index (χ1n) is 16.5. The van der Waals surface area contributed by atoms with Gasteiger partial charge in [-0.1, -0.05) is 30.3 Å². The minimum absolute atomic E-state index is 0.153. The number of ether oxygens (including phenoxy) is 4. The Morgan fingerprint density at radius 3 is 2.49 bits per heavy atom. The number of hydrogen-bond acceptors (Lipinski definition) is 7. The minimum atomic E-state index is -0.175. The van der Waals surface area contributed by atoms with Crippen LogP contribution in [0.25, 0.3) is 34.7 Å². The maximum absolute atomic E-state index is 13.0. The van der Waals surface area contributed by atoms with Gasteiger partial charge >= 0.3 is 0 Å². The molecule has 4 aromatic rings. The average molecular weight is 635 g/mol. The molecule has 244 valence electrons. The zero-order chi connectivity index (χ0) is 32.5. The van der Waals surface area contributed by atoms with E-state index >= 15 is 0 Å². The number of benzene rings is 3. The molecule has 7 rings (SSSR count). The van der Waals surface area contributed by atoms with E-state index in [0.29, 0.717) is 23.7 Å². The molecule has 0 aliphatic carbocycles. The average Bonchev–Trinajstić information content (AvgIpc) is 3.60. The van der Waals surface area contributed by atoms with Crippen molar-refractivity contribution in [2.75, 3.05) is 39.2 Å². The summed E-state index contributed by atoms with van der Waals surface area (Å²) in [6.07, 6.45) is 9.37. The van der Waals surface area contributed by atoms with Crippen LogP contribution in [0.4, 0.5) is 5.69 Å². The van der Waals surface area contributed by atoms with E-state index in [1.807, 2.05) is 35.0 Å². The Hall–Kier alpha value is -4.44. The number of nitrogens with one attached hydrogen (secondary N) is 1. The van der Waals surface area contributed by atoms with E-state index in [1.165, 1.54) is 5.56 Å². The number of carbonyl (C=O) groups excluding carboxylic acids is 1. The normalized spacial score (nSPS) is 22.6. The zero-order valence-corrected chi connectivity index (χ0v) is 27.5. The van der Waals surface area contributed by atoms with Gasteiger partial charge in [-0.25, -0.2) is 4.68 Å². The van der Waals surface area contributed by atoms with Crippen LogP contribution < -0.4 is 14.8 Å². The van der Waals surface area contributed by atoms with E-state index < -0.39 is 0 Å². The van der Waals surface area contributed by atoms with Gasteiger partial charge in [-0.2, -0.15) is 5.10 Å². The van der Waals surface area contributed by atoms with Gasteiger partial charge in [0.05, 0.1) is 43.0 Å². The topological polar surface area (TPSA) is 87.1 Å². The fourth-order valence-corrected chi connectivity index (χ4v) is 6.96. The Morgan fingerprint density at radius 2 is 1.77 bits per heavy atom. The smallest absolute Gasteiger partial charge is 0.256 e. The maximum Gasteiger partial charge on any atom is 0.256 e. The Kier molecular flexibility index (Phi) is 8.86. The molecule has 3 atom stereocenters. The van der Waals surface area contributed by atoms with Crippen LogP contribution >= 0.6 is 0 Å². The van der Waals surface area contributed by atoms with Crippen LogP contribution in [0.5, 0.6) is 11.5 Å². The highest BCUT2D eigenvalue weighted by Gasteiger charge is 2.27. The van der Waals surface area contributed by atoms with Crippen molar-refractivity contribution in [3.05, 3.63) is 82.5 Å². The third-order valence-electron chi connectivity index (χ3n) is 9.11. The summed E-state index contributed by atoms with van der Waals surface area (Å²) in [5, 5.41) is 8.95. The molecule has 1 aromatic heterocycles. The van der Waals surface area contributed by atoms with Gasteiger partial charge in [0.15, 0.2) is 6.23 Å². The first-order valence-corrected chi connectivity index (χ1v) is 16.5. The highest BCUT2D eigenvalue weighted by molar-refractivity contribution is 6.35. The molecule has 2 saturated heterocycles. The van der Waals surface area contributed by atoms with Gasteiger partial charge in [0.2, 0.25) is 0 Å². The van der Waals surface area contributed by atoms with E-state index in [4.69, 9.17) is 24.0 Å². The van der Waals surface area contributed by atoms with Gasteiger partial charge in [0.1, 0.15) is 11.5 Å². The number of morpholine rings is 1. The van der Waals surface area contributed by atoms with Crippen LogP contribution in [0.1, 0.15) is 67.3 Å². The third kappa shape index (κ3) is 6.56. The molecule has 47 heavy (non-hydrogen) atoms. The Bertz CT molecular complexity index is 1830. The van der Waals surface area contributed by atoms with Crippen molar-refractivity contribution < 1.29 is 23.7 Å². The van der Waals surface area contributed by atoms with Crippen LogP contribution in [0.15, 0.2) is 54.6 Å². The number of amides is 1. The Labute approximate surface area is 275 Å². The van der Waals surface area contributed by atoms with Gasteiger partial charge in [-0.3, -0.25) is 9.69 Å². The molecule has 9 heteroatoms. The molecular weight excluding hydrogens is 592 g/mol. The van der Waals surface area contributed by atoms with Crippen LogP contribution in [-0.4, -0.2) is 66.7 Å². The second-order valence-corrected chi connectivity index (χ2v) is 12.7. The van der Waals surface area contributed by atoms with Gasteiger partial charge in [0, 0.05) is 43.1 Å². The summed E-state index contributed by atoms with van der Waals surface area (Å²) in [6, 6.07) is 18.3. The molecular formula is C38H42N4O5. The van der Waals surface area contributed by atoms with Crippen LogP contribution in [-0.2, 0) is 20.8 Å². The lowest BCUT2D eigenvalue weighted by Crippen LogP contribution is -2.44. The van der Waals surface area contributed by atoms with E-state index in [0.717, 1.165) is 77.9 Å². The van der Waals surface area contributed by atoms with Crippen molar-refractivity contribution >= 4 is 46.3 Å². The standard InChI is InChI=1S/C38H42N4O5/c1-24-21-41(22-25(2)47-24)23-27-10-8-26(9-11-27)12-14-33-37-34(42(40-33)36-7-5-6-16-46-36)18-28(19-35(37)45-4)17-31-30-20-29(44-3)13-15-32(30)39-38(31)43/h8-15,17-20,24-25,36H,5-7,16,21-23H2,1-4H3,(H,39,43)/b14-12+,31-17+.